The van der Waals surface area contributed by atoms with Gasteiger partial charge in [-0.15, -0.1) is 69.1 Å². The van der Waals surface area contributed by atoms with E-state index in [4.69, 9.17) is 0 Å². The van der Waals surface area contributed by atoms with Gasteiger partial charge in [0, 0.05) is 0 Å². The van der Waals surface area contributed by atoms with Gasteiger partial charge in [-0.25, -0.2) is 0 Å². The molecule has 0 nitrogen and oxygen atoms in total. The van der Waals surface area contributed by atoms with Gasteiger partial charge in [-0.3, -0.25) is 0 Å². The number of aryl methyl sites for hydroxylation is 2. The molecule has 6 rings (SSSR count). The van der Waals surface area contributed by atoms with Crippen LogP contribution in [0.5, 0.6) is 0 Å². The van der Waals surface area contributed by atoms with Gasteiger partial charge in [0.25, 0.3) is 0 Å². The van der Waals surface area contributed by atoms with E-state index in [9.17, 15) is 0 Å². The molecule has 0 aliphatic rings. The molecule has 0 unspecified atom stereocenters. The Labute approximate surface area is 247 Å². The summed E-state index contributed by atoms with van der Waals surface area (Å²) in [6.07, 6.45) is 0. The molecule has 0 fully saturated rings. The molecular formula is C37H36Hf. The molecule has 0 saturated heterocycles. The van der Waals surface area contributed by atoms with Gasteiger partial charge >= 0.3 is 25.8 Å². The zero-order valence-electron chi connectivity index (χ0n) is 23.4. The summed E-state index contributed by atoms with van der Waals surface area (Å²) in [5.74, 6) is 0. The summed E-state index contributed by atoms with van der Waals surface area (Å²) in [6, 6.07) is 40.6. The minimum absolute atomic E-state index is 0. The molecule has 0 radical (unpaired) electrons. The van der Waals surface area contributed by atoms with Crippen molar-refractivity contribution in [2.45, 2.75) is 33.1 Å². The van der Waals surface area contributed by atoms with Crippen molar-refractivity contribution in [3.05, 3.63) is 146 Å². The largest absolute Gasteiger partial charge is 4.00 e. The first kappa shape index (κ1) is 29.5. The van der Waals surface area contributed by atoms with Crippen LogP contribution >= 0.6 is 0 Å². The van der Waals surface area contributed by atoms with Gasteiger partial charge in [-0.05, 0) is 30.4 Å². The van der Waals surface area contributed by atoms with E-state index in [-0.39, 0.29) is 46.1 Å². The summed E-state index contributed by atoms with van der Waals surface area (Å²) in [6.45, 7) is 8.99. The minimum atomic E-state index is -0.104. The Morgan fingerprint density at radius 1 is 0.526 bits per heavy atom. The van der Waals surface area contributed by atoms with Crippen molar-refractivity contribution in [3.63, 3.8) is 0 Å². The third-order valence-electron chi connectivity index (χ3n) is 7.67. The summed E-state index contributed by atoms with van der Waals surface area (Å²) in [7, 11) is 0. The molecule has 6 aromatic rings. The number of rotatable bonds is 4. The van der Waals surface area contributed by atoms with Gasteiger partial charge in [0.2, 0.25) is 0 Å². The van der Waals surface area contributed by atoms with E-state index < -0.39 is 0 Å². The normalized spacial score (nSPS) is 11.1. The van der Waals surface area contributed by atoms with Crippen molar-refractivity contribution in [2.24, 2.45) is 0 Å². The molecule has 6 aromatic carbocycles. The smallest absolute Gasteiger partial charge is 0.358 e. The molecule has 0 aliphatic carbocycles. The summed E-state index contributed by atoms with van der Waals surface area (Å²) in [4.78, 5) is 0. The van der Waals surface area contributed by atoms with Crippen LogP contribution in [0.4, 0.5) is 0 Å². The van der Waals surface area contributed by atoms with E-state index in [1.165, 1.54) is 66.1 Å². The van der Waals surface area contributed by atoms with Gasteiger partial charge < -0.3 is 14.9 Å². The summed E-state index contributed by atoms with van der Waals surface area (Å²) in [5.41, 5.74) is 10.4. The molecule has 1 heteroatoms. The van der Waals surface area contributed by atoms with Gasteiger partial charge in [0.05, 0.1) is 0 Å². The van der Waals surface area contributed by atoms with Gasteiger partial charge in [-0.1, -0.05) is 96.8 Å². The third kappa shape index (κ3) is 5.14. The van der Waals surface area contributed by atoms with Crippen molar-refractivity contribution >= 4 is 21.5 Å². The maximum Gasteiger partial charge on any atom is 4.00 e. The second-order valence-corrected chi connectivity index (χ2v) is 10.5. The fraction of sp³-hybridized carbons (Fsp3) is 0.135. The molecule has 0 atom stereocenters. The molecule has 0 aromatic heterocycles. The van der Waals surface area contributed by atoms with Crippen LogP contribution in [-0.4, -0.2) is 0 Å². The Balaban J connectivity index is 0.00000133. The molecule has 0 saturated carbocycles. The predicted molar refractivity (Wildman–Crippen MR) is 164 cm³/mol. The zero-order valence-corrected chi connectivity index (χ0v) is 27.0. The van der Waals surface area contributed by atoms with Crippen LogP contribution in [0.1, 0.15) is 36.1 Å². The Morgan fingerprint density at radius 2 is 0.895 bits per heavy atom. The fourth-order valence-electron chi connectivity index (χ4n) is 5.33. The molecule has 0 heterocycles. The predicted octanol–water partition coefficient (Wildman–Crippen LogP) is 10.6. The summed E-state index contributed by atoms with van der Waals surface area (Å²) < 4.78 is 0. The average Bonchev–Trinajstić information content (AvgIpc) is 3.50. The number of hydrogen-bond donors (Lipinski definition) is 0. The van der Waals surface area contributed by atoms with E-state index in [0.717, 1.165) is 0 Å². The van der Waals surface area contributed by atoms with Crippen molar-refractivity contribution in [2.75, 3.05) is 0 Å². The van der Waals surface area contributed by atoms with Crippen LogP contribution < -0.4 is 0 Å². The minimum Gasteiger partial charge on any atom is -0.358 e. The molecule has 0 bridgehead atoms. The topological polar surface area (TPSA) is 0 Å². The maximum absolute atomic E-state index is 2.41. The molecule has 0 aliphatic heterocycles. The molecule has 0 N–H and O–H groups in total. The van der Waals surface area contributed by atoms with Crippen molar-refractivity contribution < 1.29 is 25.8 Å². The summed E-state index contributed by atoms with van der Waals surface area (Å²) >= 11 is 0. The van der Waals surface area contributed by atoms with E-state index in [1.807, 2.05) is 0 Å². The van der Waals surface area contributed by atoms with Gasteiger partial charge in [-0.2, -0.15) is 12.1 Å². The number of benzene rings is 4. The SMILES string of the molecule is Cc1ccc(-c2cccc3[cH-]c(C(C)(C)c4cc5c(-c6ccc(C)cc6)cccc5[cH-]4)cc23)cc1.[CH3-].[CH3-].[Hf+4]. The van der Waals surface area contributed by atoms with Crippen LogP contribution in [0.25, 0.3) is 43.8 Å². The van der Waals surface area contributed by atoms with Crippen LogP contribution in [0.15, 0.2) is 109 Å². The Kier molecular flexibility index (Phi) is 8.84. The summed E-state index contributed by atoms with van der Waals surface area (Å²) in [5, 5.41) is 5.27. The Hall–Kier alpha value is -3.03. The fourth-order valence-corrected chi connectivity index (χ4v) is 5.33. The molecule has 0 amide bonds. The number of hydrogen-bond acceptors (Lipinski definition) is 0. The molecule has 0 spiro atoms. The second kappa shape index (κ2) is 11.4. The van der Waals surface area contributed by atoms with Crippen molar-refractivity contribution in [3.8, 4) is 22.3 Å². The van der Waals surface area contributed by atoms with Crippen LogP contribution in [0.3, 0.4) is 0 Å². The van der Waals surface area contributed by atoms with E-state index in [2.05, 4.69) is 137 Å². The molecule has 38 heavy (non-hydrogen) atoms. The van der Waals surface area contributed by atoms with E-state index >= 15 is 0 Å². The van der Waals surface area contributed by atoms with E-state index in [1.54, 1.807) is 0 Å². The van der Waals surface area contributed by atoms with Gasteiger partial charge in [0.1, 0.15) is 0 Å². The van der Waals surface area contributed by atoms with E-state index in [0.29, 0.717) is 0 Å². The van der Waals surface area contributed by atoms with Crippen LogP contribution in [0, 0.1) is 28.7 Å². The van der Waals surface area contributed by atoms with Crippen LogP contribution in [0.2, 0.25) is 0 Å². The average molecular weight is 659 g/mol. The van der Waals surface area contributed by atoms with Gasteiger partial charge in [0.15, 0.2) is 0 Å². The Bertz CT molecular complexity index is 1530. The standard InChI is InChI=1S/C35H30.2CH3.Hf/c1-23-11-15-25(16-12-23)31-9-5-7-27-19-29(21-33(27)31)35(3,4)30-20-28-8-6-10-32(34(28)22-30)26-17-13-24(2)14-18-26;;;/h5-22H,1-4H3;2*1H3;/q-2;2*-1;+4. The zero-order chi connectivity index (χ0) is 24.2. The second-order valence-electron chi connectivity index (χ2n) is 10.5. The van der Waals surface area contributed by atoms with Crippen LogP contribution in [-0.2, 0) is 31.3 Å². The monoisotopic (exact) mass is 660 g/mol. The molecular weight excluding hydrogens is 623 g/mol. The maximum atomic E-state index is 2.41. The van der Waals surface area contributed by atoms with Crippen molar-refractivity contribution in [1.82, 2.24) is 0 Å². The molecule has 188 valence electrons. The first-order valence-corrected chi connectivity index (χ1v) is 12.4. The Morgan fingerprint density at radius 3 is 1.26 bits per heavy atom. The first-order valence-electron chi connectivity index (χ1n) is 12.4. The number of fused-ring (bicyclic) bond motifs is 2. The third-order valence-corrected chi connectivity index (χ3v) is 7.67. The van der Waals surface area contributed by atoms with Crippen molar-refractivity contribution in [1.29, 1.82) is 0 Å². The quantitative estimate of drug-likeness (QED) is 0.131. The first-order chi connectivity index (χ1) is 16.9.